The highest BCUT2D eigenvalue weighted by Gasteiger charge is 2.18. The van der Waals surface area contributed by atoms with E-state index >= 15 is 0 Å². The number of anilines is 1. The zero-order valence-corrected chi connectivity index (χ0v) is 19.6. The first-order valence-electron chi connectivity index (χ1n) is 10.2. The molecule has 0 bridgehead atoms. The first-order valence-corrected chi connectivity index (χ1v) is 10.2. The Hall–Kier alpha value is -3.40. The number of halogens is 2. The van der Waals surface area contributed by atoms with Crippen molar-refractivity contribution in [3.05, 3.63) is 65.3 Å². The fourth-order valence-electron chi connectivity index (χ4n) is 1.66. The van der Waals surface area contributed by atoms with Crippen LogP contribution in [0.1, 0.15) is 61.2 Å². The molecule has 178 valence electrons. The van der Waals surface area contributed by atoms with E-state index in [0.717, 1.165) is 30.5 Å². The summed E-state index contributed by atoms with van der Waals surface area (Å²) in [6, 6.07) is 4.89. The van der Waals surface area contributed by atoms with Crippen LogP contribution in [-0.4, -0.2) is 41.1 Å². The van der Waals surface area contributed by atoms with Gasteiger partial charge in [0.2, 0.25) is 0 Å². The maximum absolute atomic E-state index is 13.3. The van der Waals surface area contributed by atoms with E-state index in [1.54, 1.807) is 12.3 Å². The number of carbonyl (C=O) groups excluding carboxylic acids is 2. The minimum Gasteiger partial charge on any atom is -0.362 e. The zero-order chi connectivity index (χ0) is 24.9. The number of H-pyrrole nitrogens is 1. The van der Waals surface area contributed by atoms with E-state index in [0.29, 0.717) is 6.29 Å². The van der Waals surface area contributed by atoms with Crippen molar-refractivity contribution in [2.45, 2.75) is 41.5 Å². The molecule has 0 aliphatic heterocycles. The lowest BCUT2D eigenvalue weighted by Gasteiger charge is -2.05. The molecule has 0 aliphatic rings. The van der Waals surface area contributed by atoms with Gasteiger partial charge < -0.3 is 15.2 Å². The smallest absolute Gasteiger partial charge is 0.261 e. The number of nitrogens with zero attached hydrogens (tertiary/aromatic N) is 2. The molecule has 3 N–H and O–H groups in total. The number of aromatic nitrogens is 3. The van der Waals surface area contributed by atoms with Gasteiger partial charge in [0.05, 0.1) is 18.1 Å². The fourth-order valence-corrected chi connectivity index (χ4v) is 1.66. The maximum atomic E-state index is 13.3. The summed E-state index contributed by atoms with van der Waals surface area (Å²) in [5.74, 6) is -2.10. The van der Waals surface area contributed by atoms with E-state index in [2.05, 4.69) is 37.4 Å². The Balaban J connectivity index is 0. The summed E-state index contributed by atoms with van der Waals surface area (Å²) >= 11 is 0. The van der Waals surface area contributed by atoms with Gasteiger partial charge in [-0.25, -0.2) is 8.78 Å². The number of nitrogens with one attached hydrogen (secondary N) is 3. The van der Waals surface area contributed by atoms with Crippen LogP contribution in [0.15, 0.2) is 41.2 Å². The topological polar surface area (TPSA) is 113 Å². The Bertz CT molecular complexity index is 846. The summed E-state index contributed by atoms with van der Waals surface area (Å²) in [5.41, 5.74) is -0.645. The van der Waals surface area contributed by atoms with E-state index < -0.39 is 23.1 Å². The van der Waals surface area contributed by atoms with Gasteiger partial charge in [0, 0.05) is 6.07 Å². The molecule has 0 saturated carbocycles. The summed E-state index contributed by atoms with van der Waals surface area (Å²) in [4.78, 5) is 22.2. The number of aromatic amines is 1. The van der Waals surface area contributed by atoms with Crippen LogP contribution in [0.5, 0.6) is 0 Å². The highest BCUT2D eigenvalue weighted by atomic mass is 19.1. The molecule has 0 radical (unpaired) electrons. The number of rotatable bonds is 4. The minimum absolute atomic E-state index is 0.0140. The Kier molecular flexibility index (Phi) is 18.8. The normalized spacial score (nSPS) is 8.66. The minimum atomic E-state index is -0.991. The number of aryl methyl sites for hydroxylation is 1. The first-order chi connectivity index (χ1) is 15.4. The van der Waals surface area contributed by atoms with E-state index in [9.17, 15) is 18.4 Å². The van der Waals surface area contributed by atoms with Gasteiger partial charge >= 0.3 is 0 Å². The van der Waals surface area contributed by atoms with Gasteiger partial charge in [0.25, 0.3) is 5.91 Å². The number of carbonyl (C=O) groups is 2. The molecule has 32 heavy (non-hydrogen) atoms. The summed E-state index contributed by atoms with van der Waals surface area (Å²) in [6.45, 7) is 13.0. The monoisotopic (exact) mass is 453 g/mol. The molecule has 0 atom stereocenters. The molecule has 0 spiro atoms. The fraction of sp³-hybridized carbons (Fsp3) is 0.364. The molecule has 0 aliphatic carbocycles. The Morgan fingerprint density at radius 2 is 1.72 bits per heavy atom. The van der Waals surface area contributed by atoms with E-state index in [1.807, 2.05) is 41.7 Å². The van der Waals surface area contributed by atoms with Crippen molar-refractivity contribution in [1.82, 2.24) is 20.7 Å². The summed E-state index contributed by atoms with van der Waals surface area (Å²) in [5, 5.41) is 14.4. The predicted octanol–water partition coefficient (Wildman–Crippen LogP) is 5.01. The van der Waals surface area contributed by atoms with Crippen molar-refractivity contribution >= 4 is 17.9 Å². The Morgan fingerprint density at radius 1 is 1.16 bits per heavy atom. The second-order valence-electron chi connectivity index (χ2n) is 5.20. The molecule has 0 saturated heterocycles. The summed E-state index contributed by atoms with van der Waals surface area (Å²) < 4.78 is 31.2. The summed E-state index contributed by atoms with van der Waals surface area (Å²) in [6.07, 6.45) is 3.22. The summed E-state index contributed by atoms with van der Waals surface area (Å²) in [7, 11) is 1.93. The number of amides is 1. The van der Waals surface area contributed by atoms with Crippen molar-refractivity contribution in [3.8, 4) is 0 Å². The van der Waals surface area contributed by atoms with E-state index in [-0.39, 0.29) is 11.4 Å². The van der Waals surface area contributed by atoms with Crippen LogP contribution in [-0.2, 0) is 0 Å². The molecule has 2 aromatic heterocycles. The van der Waals surface area contributed by atoms with Crippen LogP contribution in [0.4, 0.5) is 14.5 Å². The van der Waals surface area contributed by atoms with Gasteiger partial charge in [-0.2, -0.15) is 5.10 Å². The molecule has 0 unspecified atom stereocenters. The molecule has 1 aromatic carbocycles. The second kappa shape index (κ2) is 19.6. The van der Waals surface area contributed by atoms with Gasteiger partial charge in [-0.15, -0.1) is 0 Å². The zero-order valence-electron chi connectivity index (χ0n) is 19.6. The molecule has 3 aromatic rings. The second-order valence-corrected chi connectivity index (χ2v) is 5.20. The van der Waals surface area contributed by atoms with Crippen molar-refractivity contribution in [3.63, 3.8) is 0 Å². The molecule has 10 heteroatoms. The molecule has 2 heterocycles. The average molecular weight is 454 g/mol. The highest BCUT2D eigenvalue weighted by Crippen LogP contribution is 2.16. The van der Waals surface area contributed by atoms with Crippen LogP contribution >= 0.6 is 0 Å². The predicted molar refractivity (Wildman–Crippen MR) is 122 cm³/mol. The van der Waals surface area contributed by atoms with E-state index in [4.69, 9.17) is 0 Å². The van der Waals surface area contributed by atoms with Crippen LogP contribution in [0, 0.1) is 18.6 Å². The molecule has 8 nitrogen and oxygen atoms in total. The van der Waals surface area contributed by atoms with Crippen LogP contribution in [0.3, 0.4) is 0 Å². The third-order valence-corrected chi connectivity index (χ3v) is 3.15. The van der Waals surface area contributed by atoms with Crippen LogP contribution in [0.25, 0.3) is 0 Å². The van der Waals surface area contributed by atoms with Crippen molar-refractivity contribution in [1.29, 1.82) is 0 Å². The third-order valence-electron chi connectivity index (χ3n) is 3.15. The highest BCUT2D eigenvalue weighted by molar-refractivity contribution is 6.06. The van der Waals surface area contributed by atoms with E-state index in [1.165, 1.54) is 6.20 Å². The average Bonchev–Trinajstić information content (AvgIpc) is 3.48. The van der Waals surface area contributed by atoms with Crippen LogP contribution < -0.4 is 10.6 Å². The molecule has 1 amide bonds. The first kappa shape index (κ1) is 30.8. The van der Waals surface area contributed by atoms with Gasteiger partial charge in [-0.1, -0.05) is 45.8 Å². The number of benzene rings is 1. The molecule has 0 fully saturated rings. The lowest BCUT2D eigenvalue weighted by molar-refractivity contribution is 0.101. The Labute approximate surface area is 187 Å². The van der Waals surface area contributed by atoms with Crippen molar-refractivity contribution in [2.75, 3.05) is 18.9 Å². The number of hydrogen-bond acceptors (Lipinski definition) is 6. The molecular weight excluding hydrogens is 420 g/mol. The largest absolute Gasteiger partial charge is 0.362 e. The third kappa shape index (κ3) is 11.7. The molecular formula is C22H33F2N5O3. The maximum Gasteiger partial charge on any atom is 0.261 e. The van der Waals surface area contributed by atoms with Crippen molar-refractivity contribution < 1.29 is 22.9 Å². The van der Waals surface area contributed by atoms with Gasteiger partial charge in [0.1, 0.15) is 28.7 Å². The molecule has 3 rings (SSSR count). The van der Waals surface area contributed by atoms with Crippen molar-refractivity contribution in [2.24, 2.45) is 0 Å². The lowest BCUT2D eigenvalue weighted by Crippen LogP contribution is -2.16. The van der Waals surface area contributed by atoms with Crippen LogP contribution in [0.2, 0.25) is 0 Å². The number of aldehydes is 1. The standard InChI is InChI=1S/C11H7F2N3O2.C4H5NO.C3H9N.2C2H6/c12-6-2-1-3-7(13)10(6)11(18)15-8-4-14-16-9(8)5-17;1-4-2-3-5-6-4;1-3-4-2;2*1-2/h1-5H,(H,14,16)(H,15,18);2-3H,1H3;4H,3H2,1-2H3;2*1-2H3. The number of hydrogen-bond donors (Lipinski definition) is 3. The van der Waals surface area contributed by atoms with Gasteiger partial charge in [-0.3, -0.25) is 14.7 Å². The lowest BCUT2D eigenvalue weighted by atomic mass is 10.2. The Morgan fingerprint density at radius 3 is 2.09 bits per heavy atom. The quantitative estimate of drug-likeness (QED) is 0.479. The van der Waals surface area contributed by atoms with Gasteiger partial charge in [-0.05, 0) is 32.6 Å². The SMILES string of the molecule is CC.CC.CCNC.Cc1ccno1.O=Cc1[nH]ncc1NC(=O)c1c(F)cccc1F. The van der Waals surface area contributed by atoms with Gasteiger partial charge in [0.15, 0.2) is 6.29 Å².